The molecule has 0 spiro atoms. The van der Waals surface area contributed by atoms with Crippen LogP contribution in [0.15, 0.2) is 64.0 Å². The highest BCUT2D eigenvalue weighted by atomic mass is 19.1. The number of anilines is 2. The van der Waals surface area contributed by atoms with Gasteiger partial charge in [-0.3, -0.25) is 14.6 Å². The Labute approximate surface area is 181 Å². The highest BCUT2D eigenvalue weighted by molar-refractivity contribution is 6.05. The maximum absolute atomic E-state index is 14.1. The molecule has 1 aromatic carbocycles. The third-order valence-electron chi connectivity index (χ3n) is 4.56. The van der Waals surface area contributed by atoms with Crippen molar-refractivity contribution in [2.75, 3.05) is 10.6 Å². The number of pyridine rings is 1. The van der Waals surface area contributed by atoms with Crippen LogP contribution in [0, 0.1) is 12.7 Å². The maximum Gasteiger partial charge on any atom is 0.259 e. The molecule has 0 aliphatic heterocycles. The van der Waals surface area contributed by atoms with Gasteiger partial charge in [0.05, 0.1) is 17.5 Å². The third kappa shape index (κ3) is 4.86. The average molecular weight is 435 g/mol. The van der Waals surface area contributed by atoms with Gasteiger partial charge in [0.25, 0.3) is 5.91 Å². The number of nitrogens with one attached hydrogen (secondary N) is 2. The molecule has 0 bridgehead atoms. The number of rotatable bonds is 7. The molecule has 0 saturated carbocycles. The fraction of sp³-hybridized carbons (Fsp3) is 0.136. The van der Waals surface area contributed by atoms with E-state index in [0.717, 1.165) is 6.07 Å². The number of nitrogens with zero attached hydrogens (tertiary/aromatic N) is 3. The average Bonchev–Trinajstić information content (AvgIpc) is 3.44. The van der Waals surface area contributed by atoms with E-state index in [1.165, 1.54) is 24.5 Å². The molecule has 4 rings (SSSR count). The lowest BCUT2D eigenvalue weighted by Gasteiger charge is -2.09. The summed E-state index contributed by atoms with van der Waals surface area (Å²) < 4.78 is 24.4. The number of hydrogen-bond acceptors (Lipinski definition) is 7. The van der Waals surface area contributed by atoms with Crippen molar-refractivity contribution in [2.45, 2.75) is 19.8 Å². The van der Waals surface area contributed by atoms with Crippen molar-refractivity contribution in [1.29, 1.82) is 0 Å². The molecule has 0 atom stereocenters. The summed E-state index contributed by atoms with van der Waals surface area (Å²) in [5, 5.41) is 9.02. The number of furan rings is 1. The monoisotopic (exact) mass is 435 g/mol. The van der Waals surface area contributed by atoms with Crippen LogP contribution < -0.4 is 10.6 Å². The normalized spacial score (nSPS) is 10.7. The van der Waals surface area contributed by atoms with Gasteiger partial charge in [0.15, 0.2) is 0 Å². The van der Waals surface area contributed by atoms with Gasteiger partial charge in [0, 0.05) is 36.5 Å². The number of carbonyl (C=O) groups is 2. The van der Waals surface area contributed by atoms with Crippen LogP contribution in [-0.4, -0.2) is 26.9 Å². The fourth-order valence-electron chi connectivity index (χ4n) is 2.92. The lowest BCUT2D eigenvalue weighted by Crippen LogP contribution is -2.15. The Morgan fingerprint density at radius 3 is 2.78 bits per heavy atom. The predicted molar refractivity (Wildman–Crippen MR) is 112 cm³/mol. The molecule has 0 saturated heterocycles. The number of amides is 2. The van der Waals surface area contributed by atoms with Crippen LogP contribution in [0.3, 0.4) is 0 Å². The van der Waals surface area contributed by atoms with E-state index in [9.17, 15) is 14.0 Å². The third-order valence-corrected chi connectivity index (χ3v) is 4.56. The zero-order valence-electron chi connectivity index (χ0n) is 17.0. The molecule has 162 valence electrons. The summed E-state index contributed by atoms with van der Waals surface area (Å²) in [7, 11) is 0. The molecule has 3 aromatic heterocycles. The molecule has 3 heterocycles. The second-order valence-electron chi connectivity index (χ2n) is 6.84. The van der Waals surface area contributed by atoms with Crippen LogP contribution in [0.25, 0.3) is 11.4 Å². The van der Waals surface area contributed by atoms with Crippen molar-refractivity contribution in [3.8, 4) is 11.4 Å². The lowest BCUT2D eigenvalue weighted by atomic mass is 10.2. The molecular formula is C22H18FN5O4. The summed E-state index contributed by atoms with van der Waals surface area (Å²) in [6.07, 6.45) is 4.92. The summed E-state index contributed by atoms with van der Waals surface area (Å²) in [6, 6.07) is 8.95. The highest BCUT2D eigenvalue weighted by Gasteiger charge is 2.15. The van der Waals surface area contributed by atoms with Gasteiger partial charge >= 0.3 is 0 Å². The zero-order chi connectivity index (χ0) is 22.5. The van der Waals surface area contributed by atoms with Crippen molar-refractivity contribution in [3.63, 3.8) is 0 Å². The van der Waals surface area contributed by atoms with E-state index in [1.807, 2.05) is 0 Å². The predicted octanol–water partition coefficient (Wildman–Crippen LogP) is 4.00. The van der Waals surface area contributed by atoms with Gasteiger partial charge < -0.3 is 19.6 Å². The topological polar surface area (TPSA) is 123 Å². The lowest BCUT2D eigenvalue weighted by molar-refractivity contribution is -0.116. The molecule has 10 heteroatoms. The number of aryl methyl sites for hydroxylation is 2. The minimum absolute atomic E-state index is 0.0635. The first-order chi connectivity index (χ1) is 15.5. The molecule has 0 aliphatic rings. The summed E-state index contributed by atoms with van der Waals surface area (Å²) in [5.41, 5.74) is 1.27. The van der Waals surface area contributed by atoms with Crippen LogP contribution in [0.5, 0.6) is 0 Å². The molecule has 0 radical (unpaired) electrons. The molecular weight excluding hydrogens is 417 g/mol. The molecule has 2 N–H and O–H groups in total. The quantitative estimate of drug-likeness (QED) is 0.450. The van der Waals surface area contributed by atoms with E-state index in [2.05, 4.69) is 25.8 Å². The smallest absolute Gasteiger partial charge is 0.259 e. The van der Waals surface area contributed by atoms with Gasteiger partial charge in [-0.2, -0.15) is 4.98 Å². The van der Waals surface area contributed by atoms with Gasteiger partial charge in [-0.15, -0.1) is 0 Å². The molecule has 0 fully saturated rings. The number of aromatic nitrogens is 3. The maximum atomic E-state index is 14.1. The minimum atomic E-state index is -0.633. The Morgan fingerprint density at radius 2 is 2.03 bits per heavy atom. The molecule has 32 heavy (non-hydrogen) atoms. The Bertz CT molecular complexity index is 1250. The second kappa shape index (κ2) is 9.21. The number of halogens is 1. The Morgan fingerprint density at radius 1 is 1.16 bits per heavy atom. The van der Waals surface area contributed by atoms with E-state index in [1.54, 1.807) is 31.5 Å². The van der Waals surface area contributed by atoms with Crippen molar-refractivity contribution in [2.24, 2.45) is 0 Å². The summed E-state index contributed by atoms with van der Waals surface area (Å²) in [6.45, 7) is 1.63. The largest absolute Gasteiger partial charge is 0.469 e. The molecule has 0 aliphatic carbocycles. The van der Waals surface area contributed by atoms with Crippen LogP contribution >= 0.6 is 0 Å². The molecule has 0 unspecified atom stereocenters. The molecule has 4 aromatic rings. The molecule has 9 nitrogen and oxygen atoms in total. The van der Waals surface area contributed by atoms with Crippen molar-refractivity contribution >= 4 is 23.2 Å². The SMILES string of the molecule is Cc1occc1C(=O)Nc1cc(NC(=O)CCc2nc(-c3cccnc3)no2)ccc1F. The Balaban J connectivity index is 1.35. The van der Waals surface area contributed by atoms with Gasteiger partial charge in [-0.25, -0.2) is 4.39 Å². The fourth-order valence-corrected chi connectivity index (χ4v) is 2.92. The highest BCUT2D eigenvalue weighted by Crippen LogP contribution is 2.22. The minimum Gasteiger partial charge on any atom is -0.469 e. The second-order valence-corrected chi connectivity index (χ2v) is 6.84. The first-order valence-corrected chi connectivity index (χ1v) is 9.67. The van der Waals surface area contributed by atoms with E-state index in [-0.39, 0.29) is 24.4 Å². The summed E-state index contributed by atoms with van der Waals surface area (Å²) in [5.74, 6) is -0.367. The van der Waals surface area contributed by atoms with Crippen LogP contribution in [-0.2, 0) is 11.2 Å². The van der Waals surface area contributed by atoms with E-state index in [4.69, 9.17) is 8.94 Å². The van der Waals surface area contributed by atoms with Gasteiger partial charge in [0.2, 0.25) is 17.6 Å². The number of benzene rings is 1. The van der Waals surface area contributed by atoms with Gasteiger partial charge in [-0.05, 0) is 43.3 Å². The Hall–Kier alpha value is -4.34. The summed E-state index contributed by atoms with van der Waals surface area (Å²) >= 11 is 0. The Kier molecular flexibility index (Phi) is 6.02. The van der Waals surface area contributed by atoms with E-state index in [0.29, 0.717) is 34.3 Å². The van der Waals surface area contributed by atoms with Crippen molar-refractivity contribution in [3.05, 3.63) is 78.1 Å². The standard InChI is InChI=1S/C22H18FN5O4/c1-13-16(8-10-31-13)22(30)26-18-11-15(4-5-17(18)23)25-19(29)6-7-20-27-21(28-32-20)14-3-2-9-24-12-14/h2-5,8-12H,6-7H2,1H3,(H,25,29)(H,26,30). The first-order valence-electron chi connectivity index (χ1n) is 9.67. The van der Waals surface area contributed by atoms with Crippen LogP contribution in [0.1, 0.15) is 28.4 Å². The zero-order valence-corrected chi connectivity index (χ0v) is 17.0. The van der Waals surface area contributed by atoms with Crippen molar-refractivity contribution < 1.29 is 22.9 Å². The summed E-state index contributed by atoms with van der Waals surface area (Å²) in [4.78, 5) is 32.8. The van der Waals surface area contributed by atoms with Crippen LogP contribution in [0.2, 0.25) is 0 Å². The molecule has 2 amide bonds. The number of hydrogen-bond donors (Lipinski definition) is 2. The van der Waals surface area contributed by atoms with Crippen molar-refractivity contribution in [1.82, 2.24) is 15.1 Å². The van der Waals surface area contributed by atoms with Crippen LogP contribution in [0.4, 0.5) is 15.8 Å². The van der Waals surface area contributed by atoms with Gasteiger partial charge in [-0.1, -0.05) is 5.16 Å². The van der Waals surface area contributed by atoms with Gasteiger partial charge in [0.1, 0.15) is 11.6 Å². The van der Waals surface area contributed by atoms with E-state index < -0.39 is 11.7 Å². The number of carbonyl (C=O) groups excluding carboxylic acids is 2. The van der Waals surface area contributed by atoms with E-state index >= 15 is 0 Å². The first kappa shape index (κ1) is 20.9.